The number of ketones is 1. The van der Waals surface area contributed by atoms with Crippen molar-refractivity contribution >= 4 is 11.9 Å². The van der Waals surface area contributed by atoms with Crippen molar-refractivity contribution in [2.45, 2.75) is 34.1 Å². The van der Waals surface area contributed by atoms with Gasteiger partial charge in [-0.1, -0.05) is 26.8 Å². The fraction of sp³-hybridized carbons (Fsp3) is 0.429. The quantitative estimate of drug-likeness (QED) is 0.726. The van der Waals surface area contributed by atoms with Gasteiger partial charge in [-0.15, -0.1) is 0 Å². The number of rotatable bonds is 3. The first-order valence-electron chi connectivity index (χ1n) is 5.50. The molecule has 0 unspecified atom stereocenters. The standard InChI is InChI=1S/C14H19NO/c1-11-5-6-12(15-10-11)7-8-13(16)9-14(2,3)4/h5-8,10H,9H2,1-4H3/b8-7+. The van der Waals surface area contributed by atoms with Crippen LogP contribution < -0.4 is 0 Å². The Morgan fingerprint density at radius 3 is 2.56 bits per heavy atom. The van der Waals surface area contributed by atoms with Crippen LogP contribution in [0.1, 0.15) is 38.4 Å². The zero-order valence-corrected chi connectivity index (χ0v) is 10.4. The molecule has 0 radical (unpaired) electrons. The molecule has 0 spiro atoms. The van der Waals surface area contributed by atoms with Gasteiger partial charge in [-0.3, -0.25) is 9.78 Å². The second-order valence-electron chi connectivity index (χ2n) is 5.30. The average Bonchev–Trinajstić information content (AvgIpc) is 2.14. The van der Waals surface area contributed by atoms with Crippen molar-refractivity contribution in [2.75, 3.05) is 0 Å². The molecule has 1 aromatic rings. The highest BCUT2D eigenvalue weighted by Crippen LogP contribution is 2.19. The molecule has 0 amide bonds. The van der Waals surface area contributed by atoms with E-state index in [1.807, 2.05) is 19.1 Å². The molecule has 0 saturated carbocycles. The van der Waals surface area contributed by atoms with E-state index in [0.717, 1.165) is 11.3 Å². The van der Waals surface area contributed by atoms with E-state index in [-0.39, 0.29) is 11.2 Å². The van der Waals surface area contributed by atoms with Gasteiger partial charge in [-0.25, -0.2) is 0 Å². The maximum atomic E-state index is 11.6. The van der Waals surface area contributed by atoms with E-state index in [2.05, 4.69) is 25.8 Å². The number of allylic oxidation sites excluding steroid dienone is 1. The van der Waals surface area contributed by atoms with Crippen LogP contribution in [-0.4, -0.2) is 10.8 Å². The lowest BCUT2D eigenvalue weighted by molar-refractivity contribution is -0.116. The summed E-state index contributed by atoms with van der Waals surface area (Å²) in [5, 5.41) is 0. The van der Waals surface area contributed by atoms with Gasteiger partial charge in [0.2, 0.25) is 0 Å². The van der Waals surface area contributed by atoms with Gasteiger partial charge in [0.15, 0.2) is 5.78 Å². The van der Waals surface area contributed by atoms with Crippen LogP contribution in [0.2, 0.25) is 0 Å². The fourth-order valence-electron chi connectivity index (χ4n) is 1.34. The molecule has 1 rings (SSSR count). The number of nitrogens with zero attached hydrogens (tertiary/aromatic N) is 1. The second kappa shape index (κ2) is 5.06. The molecule has 2 nitrogen and oxygen atoms in total. The van der Waals surface area contributed by atoms with Crippen molar-refractivity contribution in [3.8, 4) is 0 Å². The lowest BCUT2D eigenvalue weighted by Crippen LogP contribution is -2.10. The van der Waals surface area contributed by atoms with Crippen LogP contribution in [0.25, 0.3) is 6.08 Å². The Labute approximate surface area is 97.4 Å². The highest BCUT2D eigenvalue weighted by atomic mass is 16.1. The van der Waals surface area contributed by atoms with E-state index in [1.54, 1.807) is 18.3 Å². The molecule has 0 N–H and O–H groups in total. The molecule has 16 heavy (non-hydrogen) atoms. The van der Waals surface area contributed by atoms with Crippen molar-refractivity contribution in [1.29, 1.82) is 0 Å². The summed E-state index contributed by atoms with van der Waals surface area (Å²) in [5.41, 5.74) is 1.99. The highest BCUT2D eigenvalue weighted by Gasteiger charge is 2.13. The van der Waals surface area contributed by atoms with Crippen molar-refractivity contribution in [3.05, 3.63) is 35.7 Å². The van der Waals surface area contributed by atoms with E-state index < -0.39 is 0 Å². The van der Waals surface area contributed by atoms with Gasteiger partial charge in [0.1, 0.15) is 0 Å². The molecule has 86 valence electrons. The monoisotopic (exact) mass is 217 g/mol. The number of carbonyl (C=O) groups is 1. The highest BCUT2D eigenvalue weighted by molar-refractivity contribution is 5.93. The summed E-state index contributed by atoms with van der Waals surface area (Å²) in [6.07, 6.45) is 5.75. The number of hydrogen-bond donors (Lipinski definition) is 0. The van der Waals surface area contributed by atoms with E-state index in [0.29, 0.717) is 6.42 Å². The average molecular weight is 217 g/mol. The zero-order chi connectivity index (χ0) is 12.2. The summed E-state index contributed by atoms with van der Waals surface area (Å²) in [6, 6.07) is 3.90. The first-order chi connectivity index (χ1) is 7.37. The third-order valence-electron chi connectivity index (χ3n) is 2.08. The predicted octanol–water partition coefficient (Wildman–Crippen LogP) is 3.41. The number of pyridine rings is 1. The zero-order valence-electron chi connectivity index (χ0n) is 10.4. The third kappa shape index (κ3) is 4.87. The molecule has 0 saturated heterocycles. The summed E-state index contributed by atoms with van der Waals surface area (Å²) in [5.74, 6) is 0.148. The smallest absolute Gasteiger partial charge is 0.156 e. The van der Waals surface area contributed by atoms with Gasteiger partial charge >= 0.3 is 0 Å². The summed E-state index contributed by atoms with van der Waals surface area (Å²) in [4.78, 5) is 15.8. The molecule has 1 heterocycles. The molecule has 0 aromatic carbocycles. The Bertz CT molecular complexity index is 382. The second-order valence-corrected chi connectivity index (χ2v) is 5.30. The van der Waals surface area contributed by atoms with Crippen molar-refractivity contribution < 1.29 is 4.79 Å². The minimum absolute atomic E-state index is 0.0438. The SMILES string of the molecule is Cc1ccc(/C=C/C(=O)CC(C)(C)C)nc1. The Morgan fingerprint density at radius 2 is 2.06 bits per heavy atom. The van der Waals surface area contributed by atoms with Gasteiger partial charge in [-0.05, 0) is 36.1 Å². The van der Waals surface area contributed by atoms with Crippen LogP contribution in [-0.2, 0) is 4.79 Å². The van der Waals surface area contributed by atoms with Gasteiger partial charge in [0, 0.05) is 12.6 Å². The number of hydrogen-bond acceptors (Lipinski definition) is 2. The van der Waals surface area contributed by atoms with Crippen LogP contribution in [0.3, 0.4) is 0 Å². The van der Waals surface area contributed by atoms with Crippen molar-refractivity contribution in [3.63, 3.8) is 0 Å². The summed E-state index contributed by atoms with van der Waals surface area (Å²) < 4.78 is 0. The number of aromatic nitrogens is 1. The van der Waals surface area contributed by atoms with Crippen molar-refractivity contribution in [1.82, 2.24) is 4.98 Å². The molecule has 0 aliphatic heterocycles. The normalized spacial score (nSPS) is 12.0. The minimum Gasteiger partial charge on any atom is -0.295 e. The Balaban J connectivity index is 2.60. The largest absolute Gasteiger partial charge is 0.295 e. The first-order valence-corrected chi connectivity index (χ1v) is 5.50. The van der Waals surface area contributed by atoms with Gasteiger partial charge < -0.3 is 0 Å². The fourth-order valence-corrected chi connectivity index (χ4v) is 1.34. The molecule has 2 heteroatoms. The maximum Gasteiger partial charge on any atom is 0.156 e. The molecule has 0 aliphatic rings. The molecule has 0 bridgehead atoms. The molecular weight excluding hydrogens is 198 g/mol. The summed E-state index contributed by atoms with van der Waals surface area (Å²) in [7, 11) is 0. The number of carbonyl (C=O) groups excluding carboxylic acids is 1. The van der Waals surface area contributed by atoms with E-state index >= 15 is 0 Å². The van der Waals surface area contributed by atoms with Crippen LogP contribution in [0, 0.1) is 12.3 Å². The summed E-state index contributed by atoms with van der Waals surface area (Å²) in [6.45, 7) is 8.17. The summed E-state index contributed by atoms with van der Waals surface area (Å²) >= 11 is 0. The first kappa shape index (κ1) is 12.6. The van der Waals surface area contributed by atoms with Crippen LogP contribution in [0.4, 0.5) is 0 Å². The van der Waals surface area contributed by atoms with Gasteiger partial charge in [0.25, 0.3) is 0 Å². The van der Waals surface area contributed by atoms with E-state index in [4.69, 9.17) is 0 Å². The minimum atomic E-state index is 0.0438. The Hall–Kier alpha value is -1.44. The number of aryl methyl sites for hydroxylation is 1. The third-order valence-corrected chi connectivity index (χ3v) is 2.08. The lowest BCUT2D eigenvalue weighted by atomic mass is 9.90. The lowest BCUT2D eigenvalue weighted by Gasteiger charge is -2.14. The van der Waals surface area contributed by atoms with Gasteiger partial charge in [-0.2, -0.15) is 0 Å². The molecule has 0 atom stereocenters. The van der Waals surface area contributed by atoms with Crippen molar-refractivity contribution in [2.24, 2.45) is 5.41 Å². The maximum absolute atomic E-state index is 11.6. The van der Waals surface area contributed by atoms with Crippen LogP contribution >= 0.6 is 0 Å². The molecular formula is C14H19NO. The Kier molecular flexibility index (Phi) is 3.99. The van der Waals surface area contributed by atoms with E-state index in [1.165, 1.54) is 0 Å². The molecule has 0 aliphatic carbocycles. The topological polar surface area (TPSA) is 30.0 Å². The molecule has 1 aromatic heterocycles. The predicted molar refractivity (Wildman–Crippen MR) is 67.1 cm³/mol. The van der Waals surface area contributed by atoms with Crippen LogP contribution in [0.15, 0.2) is 24.4 Å². The molecule has 0 fully saturated rings. The van der Waals surface area contributed by atoms with Gasteiger partial charge in [0.05, 0.1) is 5.69 Å². The Morgan fingerprint density at radius 1 is 1.38 bits per heavy atom. The van der Waals surface area contributed by atoms with E-state index in [9.17, 15) is 4.79 Å². The van der Waals surface area contributed by atoms with Crippen LogP contribution in [0.5, 0.6) is 0 Å².